The summed E-state index contributed by atoms with van der Waals surface area (Å²) < 4.78 is 64.0. The maximum Gasteiger partial charge on any atom is 0.432 e. The second kappa shape index (κ2) is 14.4. The van der Waals surface area contributed by atoms with E-state index in [-0.39, 0.29) is 12.2 Å². The zero-order valence-corrected chi connectivity index (χ0v) is 22.5. The SMILES string of the molecule is C=C[C@@H](C#CC#CC[C@@H]1OC(C)(C)O[C@H]1CCCCCCC)OC(=O)[C@@](OC)(c1ccccc1)C(F)(F)F. The number of carbonyl (C=O) groups is 1. The molecule has 0 amide bonds. The van der Waals surface area contributed by atoms with Crippen molar-refractivity contribution in [3.05, 3.63) is 48.6 Å². The molecule has 38 heavy (non-hydrogen) atoms. The molecule has 1 heterocycles. The predicted octanol–water partition coefficient (Wildman–Crippen LogP) is 6.47. The lowest BCUT2D eigenvalue weighted by Crippen LogP contribution is -2.52. The molecule has 0 aromatic heterocycles. The third-order valence-corrected chi connectivity index (χ3v) is 6.17. The van der Waals surface area contributed by atoms with Crippen LogP contribution in [-0.2, 0) is 29.3 Å². The summed E-state index contributed by atoms with van der Waals surface area (Å²) in [6.07, 6.45) is 1.49. The summed E-state index contributed by atoms with van der Waals surface area (Å²) in [7, 11) is 0.802. The first-order valence-corrected chi connectivity index (χ1v) is 12.9. The van der Waals surface area contributed by atoms with Crippen LogP contribution in [0, 0.1) is 23.7 Å². The minimum Gasteiger partial charge on any atom is -0.442 e. The molecule has 0 aliphatic carbocycles. The van der Waals surface area contributed by atoms with Gasteiger partial charge in [0.15, 0.2) is 11.9 Å². The lowest BCUT2D eigenvalue weighted by molar-refractivity contribution is -0.276. The molecule has 2 rings (SSSR count). The van der Waals surface area contributed by atoms with Crippen molar-refractivity contribution in [2.45, 2.75) is 102 Å². The molecule has 0 saturated carbocycles. The third-order valence-electron chi connectivity index (χ3n) is 6.17. The molecular weight excluding hydrogens is 497 g/mol. The van der Waals surface area contributed by atoms with Crippen molar-refractivity contribution in [1.29, 1.82) is 0 Å². The van der Waals surface area contributed by atoms with Gasteiger partial charge in [0.1, 0.15) is 0 Å². The van der Waals surface area contributed by atoms with E-state index in [2.05, 4.69) is 37.2 Å². The van der Waals surface area contributed by atoms with E-state index in [9.17, 15) is 18.0 Å². The molecule has 1 aromatic rings. The maximum absolute atomic E-state index is 14.1. The monoisotopic (exact) mass is 534 g/mol. The lowest BCUT2D eigenvalue weighted by atomic mass is 9.92. The number of ether oxygens (including phenoxy) is 4. The van der Waals surface area contributed by atoms with Crippen molar-refractivity contribution in [1.82, 2.24) is 0 Å². The van der Waals surface area contributed by atoms with Crippen LogP contribution in [0.1, 0.15) is 71.3 Å². The Morgan fingerprint density at radius 3 is 2.37 bits per heavy atom. The highest BCUT2D eigenvalue weighted by molar-refractivity contribution is 5.83. The van der Waals surface area contributed by atoms with Gasteiger partial charge < -0.3 is 18.9 Å². The topological polar surface area (TPSA) is 54.0 Å². The van der Waals surface area contributed by atoms with Crippen LogP contribution in [0.5, 0.6) is 0 Å². The molecule has 0 bridgehead atoms. The number of unbranched alkanes of at least 4 members (excludes halogenated alkanes) is 4. The molecule has 8 heteroatoms. The number of halogens is 3. The van der Waals surface area contributed by atoms with E-state index in [0.717, 1.165) is 44.6 Å². The van der Waals surface area contributed by atoms with Gasteiger partial charge in [0, 0.05) is 19.1 Å². The molecule has 1 aliphatic heterocycles. The number of hydrogen-bond acceptors (Lipinski definition) is 5. The molecule has 1 aliphatic rings. The first-order valence-electron chi connectivity index (χ1n) is 12.9. The number of methoxy groups -OCH3 is 1. The summed E-state index contributed by atoms with van der Waals surface area (Å²) in [6.45, 7) is 9.41. The zero-order chi connectivity index (χ0) is 28.2. The van der Waals surface area contributed by atoms with Gasteiger partial charge in [-0.15, -0.1) is 0 Å². The standard InChI is InChI=1S/C30H37F3O5/c1-6-8-9-10-16-21-25-26(38-28(3,4)37-25)22-17-12-15-20-24(7-2)36-27(34)29(35-5,30(31,32)33)23-18-13-11-14-19-23/h7,11,13-14,18-19,24-26H,2,6,8-10,16,21-22H2,1,3-5H3/t24-,25-,26-,29-/m0/s1. The normalized spacial score (nSPS) is 20.7. The Morgan fingerprint density at radius 2 is 1.76 bits per heavy atom. The average Bonchev–Trinajstić information content (AvgIpc) is 3.16. The van der Waals surface area contributed by atoms with E-state index in [1.54, 1.807) is 0 Å². The summed E-state index contributed by atoms with van der Waals surface area (Å²) in [5, 5.41) is 0. The van der Waals surface area contributed by atoms with E-state index in [1.807, 2.05) is 13.8 Å². The predicted molar refractivity (Wildman–Crippen MR) is 139 cm³/mol. The largest absolute Gasteiger partial charge is 0.442 e. The van der Waals surface area contributed by atoms with Crippen molar-refractivity contribution in [3.8, 4) is 23.7 Å². The number of hydrogen-bond donors (Lipinski definition) is 0. The highest BCUT2D eigenvalue weighted by Gasteiger charge is 2.64. The van der Waals surface area contributed by atoms with Gasteiger partial charge in [-0.05, 0) is 44.1 Å². The summed E-state index contributed by atoms with van der Waals surface area (Å²) in [5.41, 5.74) is -3.71. The van der Waals surface area contributed by atoms with Crippen LogP contribution in [0.25, 0.3) is 0 Å². The summed E-state index contributed by atoms with van der Waals surface area (Å²) in [5.74, 6) is 8.30. The number of esters is 1. The Kier molecular flexibility index (Phi) is 11.9. The molecule has 1 saturated heterocycles. The van der Waals surface area contributed by atoms with E-state index in [0.29, 0.717) is 6.42 Å². The quantitative estimate of drug-likeness (QED) is 0.133. The van der Waals surface area contributed by atoms with Crippen molar-refractivity contribution < 1.29 is 36.9 Å². The molecule has 1 aromatic carbocycles. The van der Waals surface area contributed by atoms with Gasteiger partial charge in [-0.1, -0.05) is 81.9 Å². The van der Waals surface area contributed by atoms with Crippen LogP contribution < -0.4 is 0 Å². The van der Waals surface area contributed by atoms with Crippen LogP contribution in [0.15, 0.2) is 43.0 Å². The van der Waals surface area contributed by atoms with E-state index in [1.165, 1.54) is 37.5 Å². The van der Waals surface area contributed by atoms with Crippen molar-refractivity contribution in [2.75, 3.05) is 7.11 Å². The minimum atomic E-state index is -5.08. The summed E-state index contributed by atoms with van der Waals surface area (Å²) in [4.78, 5) is 12.8. The second-order valence-corrected chi connectivity index (χ2v) is 9.50. The van der Waals surface area contributed by atoms with Gasteiger partial charge >= 0.3 is 12.1 Å². The molecule has 0 N–H and O–H groups in total. The molecule has 1 fully saturated rings. The average molecular weight is 535 g/mol. The Labute approximate surface area is 224 Å². The number of alkyl halides is 3. The highest BCUT2D eigenvalue weighted by atomic mass is 19.4. The first-order chi connectivity index (χ1) is 18.0. The highest BCUT2D eigenvalue weighted by Crippen LogP contribution is 2.43. The Morgan fingerprint density at radius 1 is 1.11 bits per heavy atom. The Bertz CT molecular complexity index is 1030. The van der Waals surface area contributed by atoms with E-state index < -0.39 is 35.2 Å². The third kappa shape index (κ3) is 8.36. The van der Waals surface area contributed by atoms with Crippen LogP contribution in [0.3, 0.4) is 0 Å². The second-order valence-electron chi connectivity index (χ2n) is 9.50. The zero-order valence-electron chi connectivity index (χ0n) is 22.5. The number of carbonyl (C=O) groups excluding carboxylic acids is 1. The van der Waals surface area contributed by atoms with Crippen molar-refractivity contribution >= 4 is 5.97 Å². The van der Waals surface area contributed by atoms with Crippen molar-refractivity contribution in [2.24, 2.45) is 0 Å². The maximum atomic E-state index is 14.1. The smallest absolute Gasteiger partial charge is 0.432 e. The molecule has 0 radical (unpaired) electrons. The molecule has 208 valence electrons. The fourth-order valence-corrected chi connectivity index (χ4v) is 4.30. The van der Waals surface area contributed by atoms with Gasteiger partial charge in [0.05, 0.1) is 12.2 Å². The van der Waals surface area contributed by atoms with E-state index >= 15 is 0 Å². The fraction of sp³-hybridized carbons (Fsp3) is 0.567. The summed E-state index contributed by atoms with van der Waals surface area (Å²) in [6, 6.07) is 6.57. The minimum absolute atomic E-state index is 0.0710. The number of rotatable bonds is 12. The number of benzene rings is 1. The van der Waals surface area contributed by atoms with Crippen LogP contribution in [-0.4, -0.2) is 43.4 Å². The van der Waals surface area contributed by atoms with E-state index in [4.69, 9.17) is 18.9 Å². The molecule has 5 nitrogen and oxygen atoms in total. The molecular formula is C30H37F3O5. The van der Waals surface area contributed by atoms with Crippen LogP contribution >= 0.6 is 0 Å². The van der Waals surface area contributed by atoms with Crippen molar-refractivity contribution in [3.63, 3.8) is 0 Å². The van der Waals surface area contributed by atoms with Gasteiger partial charge in [0.25, 0.3) is 5.60 Å². The van der Waals surface area contributed by atoms with Gasteiger partial charge in [-0.3, -0.25) is 0 Å². The fourth-order valence-electron chi connectivity index (χ4n) is 4.30. The van der Waals surface area contributed by atoms with Gasteiger partial charge in [0.2, 0.25) is 0 Å². The molecule has 0 unspecified atom stereocenters. The lowest BCUT2D eigenvalue weighted by Gasteiger charge is -2.32. The van der Waals surface area contributed by atoms with Gasteiger partial charge in [-0.2, -0.15) is 13.2 Å². The van der Waals surface area contributed by atoms with Crippen LogP contribution in [0.4, 0.5) is 13.2 Å². The molecule has 4 atom stereocenters. The van der Waals surface area contributed by atoms with Crippen LogP contribution in [0.2, 0.25) is 0 Å². The Balaban J connectivity index is 2.05. The molecule has 0 spiro atoms. The van der Waals surface area contributed by atoms with Gasteiger partial charge in [-0.25, -0.2) is 4.79 Å². The first kappa shape index (κ1) is 31.4. The summed E-state index contributed by atoms with van der Waals surface area (Å²) >= 11 is 0. The Hall–Kier alpha value is -2.78.